The summed E-state index contributed by atoms with van der Waals surface area (Å²) in [4.78, 5) is 32.1. The molecule has 0 saturated carbocycles. The number of rotatable bonds is 6. The van der Waals surface area contributed by atoms with Gasteiger partial charge < -0.3 is 30.8 Å². The largest absolute Gasteiger partial charge is 0.412 e. The molecular weight excluding hydrogens is 281 g/mol. The van der Waals surface area contributed by atoms with Gasteiger partial charge in [-0.25, -0.2) is 4.79 Å². The van der Waals surface area contributed by atoms with Crippen molar-refractivity contribution in [3.8, 4) is 0 Å². The Hall–Kier alpha value is -1.29. The highest BCUT2D eigenvalue weighted by molar-refractivity contribution is 7.51. The summed E-state index contributed by atoms with van der Waals surface area (Å²) >= 11 is 0. The van der Waals surface area contributed by atoms with Crippen molar-refractivity contribution in [2.24, 2.45) is 0 Å². The number of nitrogens with two attached hydrogens (primary N) is 1. The lowest BCUT2D eigenvalue weighted by Gasteiger charge is -2.16. The first-order valence-corrected chi connectivity index (χ1v) is 6.71. The van der Waals surface area contributed by atoms with E-state index in [1.807, 2.05) is 0 Å². The van der Waals surface area contributed by atoms with Gasteiger partial charge >= 0.3 is 13.3 Å². The zero-order chi connectivity index (χ0) is 13.8. The van der Waals surface area contributed by atoms with E-state index < -0.39 is 32.3 Å². The monoisotopic (exact) mass is 297 g/mol. The Kier molecular flexibility index (Phi) is 6.84. The summed E-state index contributed by atoms with van der Waals surface area (Å²) < 4.78 is 16.5. The third kappa shape index (κ3) is 6.43. The Morgan fingerprint density at radius 2 is 2.16 bits per heavy atom. The number of hydrogen-bond donors (Lipinski definition) is 4. The number of nitrogens with zero attached hydrogens (tertiary/aromatic N) is 2. The lowest BCUT2D eigenvalue weighted by Crippen LogP contribution is -2.32. The SMILES string of the molecule is Nc1ccn(CC(CO)OCP(=O)(O)O)c(=O)n1.O. The number of hydrogen-bond acceptors (Lipinski definition) is 6. The van der Waals surface area contributed by atoms with Crippen LogP contribution in [0.25, 0.3) is 0 Å². The topological polar surface area (TPSA) is 179 Å². The van der Waals surface area contributed by atoms with Crippen LogP contribution >= 0.6 is 7.60 Å². The van der Waals surface area contributed by atoms with Crippen molar-refractivity contribution in [2.45, 2.75) is 12.6 Å². The van der Waals surface area contributed by atoms with Gasteiger partial charge in [-0.05, 0) is 6.07 Å². The van der Waals surface area contributed by atoms with Crippen LogP contribution in [0.4, 0.5) is 5.82 Å². The van der Waals surface area contributed by atoms with Crippen molar-refractivity contribution in [2.75, 3.05) is 18.7 Å². The average Bonchev–Trinajstić information content (AvgIpc) is 2.25. The number of nitrogen functional groups attached to an aromatic ring is 1. The molecule has 0 aliphatic heterocycles. The number of aromatic nitrogens is 2. The van der Waals surface area contributed by atoms with E-state index in [1.165, 1.54) is 12.3 Å². The van der Waals surface area contributed by atoms with E-state index in [-0.39, 0.29) is 17.8 Å². The van der Waals surface area contributed by atoms with Crippen LogP contribution in [0, 0.1) is 0 Å². The molecule has 10 nitrogen and oxygen atoms in total. The Morgan fingerprint density at radius 1 is 1.53 bits per heavy atom. The Morgan fingerprint density at radius 3 is 2.63 bits per heavy atom. The summed E-state index contributed by atoms with van der Waals surface area (Å²) in [6.45, 7) is -0.570. The lowest BCUT2D eigenvalue weighted by molar-refractivity contribution is 0.0188. The summed E-state index contributed by atoms with van der Waals surface area (Å²) in [7, 11) is -4.31. The zero-order valence-corrected chi connectivity index (χ0v) is 10.7. The van der Waals surface area contributed by atoms with Gasteiger partial charge in [-0.1, -0.05) is 0 Å². The summed E-state index contributed by atoms with van der Waals surface area (Å²) in [6.07, 6.45) is -0.385. The molecule has 0 saturated heterocycles. The standard InChI is InChI=1S/C8H14N3O6P.H2O/c9-7-1-2-11(8(13)10-7)3-6(4-12)17-5-18(14,15)16;/h1-2,6,12H,3-5H2,(H2,9,10,13)(H2,14,15,16);1H2. The van der Waals surface area contributed by atoms with Crippen LogP contribution in [0.3, 0.4) is 0 Å². The molecule has 110 valence electrons. The van der Waals surface area contributed by atoms with Crippen LogP contribution in [-0.2, 0) is 15.8 Å². The third-order valence-electron chi connectivity index (χ3n) is 1.98. The molecule has 0 aliphatic carbocycles. The van der Waals surface area contributed by atoms with Crippen LogP contribution in [0.15, 0.2) is 17.1 Å². The summed E-state index contributed by atoms with van der Waals surface area (Å²) in [5.74, 6) is 0.0629. The van der Waals surface area contributed by atoms with E-state index >= 15 is 0 Å². The van der Waals surface area contributed by atoms with Crippen LogP contribution in [-0.4, -0.2) is 49.0 Å². The van der Waals surface area contributed by atoms with Gasteiger partial charge in [0.15, 0.2) is 0 Å². The van der Waals surface area contributed by atoms with E-state index in [0.29, 0.717) is 0 Å². The van der Waals surface area contributed by atoms with E-state index in [9.17, 15) is 9.36 Å². The second-order valence-electron chi connectivity index (χ2n) is 3.55. The first kappa shape index (κ1) is 17.7. The molecule has 11 heteroatoms. The van der Waals surface area contributed by atoms with E-state index in [0.717, 1.165) is 4.57 Å². The van der Waals surface area contributed by atoms with E-state index in [4.69, 9.17) is 25.4 Å². The van der Waals surface area contributed by atoms with Gasteiger partial charge in [0, 0.05) is 6.20 Å². The fourth-order valence-corrected chi connectivity index (χ4v) is 1.57. The summed E-state index contributed by atoms with van der Waals surface area (Å²) in [6, 6.07) is 1.39. The predicted octanol–water partition coefficient (Wildman–Crippen LogP) is -2.49. The molecule has 1 atom stereocenters. The predicted molar refractivity (Wildman–Crippen MR) is 65.4 cm³/mol. The maximum atomic E-state index is 11.4. The number of anilines is 1. The molecule has 1 aromatic heterocycles. The average molecular weight is 297 g/mol. The minimum Gasteiger partial charge on any atom is -0.412 e. The van der Waals surface area contributed by atoms with Crippen molar-refractivity contribution in [1.82, 2.24) is 9.55 Å². The molecule has 0 radical (unpaired) electrons. The van der Waals surface area contributed by atoms with Crippen LogP contribution in [0.5, 0.6) is 0 Å². The summed E-state index contributed by atoms with van der Waals surface area (Å²) in [5, 5.41) is 8.99. The first-order chi connectivity index (χ1) is 8.31. The van der Waals surface area contributed by atoms with Crippen molar-refractivity contribution in [1.29, 1.82) is 0 Å². The number of ether oxygens (including phenoxy) is 1. The maximum absolute atomic E-state index is 11.4. The Balaban J connectivity index is 0.00000324. The highest BCUT2D eigenvalue weighted by Crippen LogP contribution is 2.34. The molecule has 0 fully saturated rings. The van der Waals surface area contributed by atoms with Crippen molar-refractivity contribution < 1.29 is 29.7 Å². The highest BCUT2D eigenvalue weighted by atomic mass is 31.2. The molecule has 0 bridgehead atoms. The van der Waals surface area contributed by atoms with Gasteiger partial charge in [0.05, 0.1) is 19.3 Å². The van der Waals surface area contributed by atoms with Crippen molar-refractivity contribution >= 4 is 13.4 Å². The minimum absolute atomic E-state index is 0. The molecule has 1 aromatic rings. The third-order valence-corrected chi connectivity index (χ3v) is 2.46. The van der Waals surface area contributed by atoms with Crippen LogP contribution in [0.2, 0.25) is 0 Å². The fraction of sp³-hybridized carbons (Fsp3) is 0.500. The van der Waals surface area contributed by atoms with Gasteiger partial charge in [0.1, 0.15) is 12.2 Å². The minimum atomic E-state index is -4.31. The normalized spacial score (nSPS) is 12.8. The highest BCUT2D eigenvalue weighted by Gasteiger charge is 2.18. The molecule has 1 rings (SSSR count). The van der Waals surface area contributed by atoms with Crippen molar-refractivity contribution in [3.63, 3.8) is 0 Å². The molecule has 7 N–H and O–H groups in total. The maximum Gasteiger partial charge on any atom is 0.350 e. The molecule has 1 unspecified atom stereocenters. The molecule has 19 heavy (non-hydrogen) atoms. The smallest absolute Gasteiger partial charge is 0.350 e. The molecule has 0 spiro atoms. The molecule has 0 aliphatic rings. The molecule has 1 heterocycles. The van der Waals surface area contributed by atoms with Crippen LogP contribution in [0.1, 0.15) is 0 Å². The number of aliphatic hydroxyl groups is 1. The Labute approximate surface area is 107 Å². The Bertz CT molecular complexity index is 499. The first-order valence-electron chi connectivity index (χ1n) is 4.92. The quantitative estimate of drug-likeness (QED) is 0.416. The van der Waals surface area contributed by atoms with Gasteiger partial charge in [0.2, 0.25) is 0 Å². The van der Waals surface area contributed by atoms with Gasteiger partial charge in [-0.2, -0.15) is 4.98 Å². The van der Waals surface area contributed by atoms with Gasteiger partial charge in [0.25, 0.3) is 0 Å². The van der Waals surface area contributed by atoms with Crippen LogP contribution < -0.4 is 11.4 Å². The molecule has 0 amide bonds. The second-order valence-corrected chi connectivity index (χ2v) is 5.14. The molecular formula is C8H16N3O7P. The van der Waals surface area contributed by atoms with E-state index in [2.05, 4.69) is 4.98 Å². The number of aliphatic hydroxyl groups excluding tert-OH is 1. The lowest BCUT2D eigenvalue weighted by atomic mass is 10.3. The summed E-state index contributed by atoms with van der Waals surface area (Å²) in [5.41, 5.74) is 4.67. The second kappa shape index (κ2) is 7.34. The van der Waals surface area contributed by atoms with Gasteiger partial charge in [-0.3, -0.25) is 9.13 Å². The zero-order valence-electron chi connectivity index (χ0n) is 9.84. The van der Waals surface area contributed by atoms with Crippen molar-refractivity contribution in [3.05, 3.63) is 22.7 Å². The fourth-order valence-electron chi connectivity index (χ4n) is 1.17. The van der Waals surface area contributed by atoms with E-state index in [1.54, 1.807) is 0 Å². The molecule has 0 aromatic carbocycles. The van der Waals surface area contributed by atoms with Gasteiger partial charge in [-0.15, -0.1) is 0 Å².